The molecule has 0 aliphatic carbocycles. The summed E-state index contributed by atoms with van der Waals surface area (Å²) in [5, 5.41) is 17.9. The molecule has 3 N–H and O–H groups in total. The van der Waals surface area contributed by atoms with E-state index in [0.717, 1.165) is 16.9 Å². The Morgan fingerprint density at radius 2 is 1.78 bits per heavy atom. The van der Waals surface area contributed by atoms with Gasteiger partial charge in [-0.05, 0) is 12.1 Å². The van der Waals surface area contributed by atoms with Crippen LogP contribution in [0, 0.1) is 0 Å². The van der Waals surface area contributed by atoms with Crippen molar-refractivity contribution in [3.8, 4) is 0 Å². The van der Waals surface area contributed by atoms with Gasteiger partial charge in [-0.15, -0.1) is 12.4 Å². The zero-order chi connectivity index (χ0) is 12.1. The van der Waals surface area contributed by atoms with Crippen molar-refractivity contribution in [2.45, 2.75) is 6.54 Å². The number of nitrogens with zero attached hydrogens (tertiary/aromatic N) is 2. The van der Waals surface area contributed by atoms with E-state index >= 15 is 0 Å². The molecule has 2 rings (SSSR count). The highest BCUT2D eigenvalue weighted by Crippen LogP contribution is 2.11. The summed E-state index contributed by atoms with van der Waals surface area (Å²) in [6.07, 6.45) is 0. The minimum atomic E-state index is 0. The molecule has 0 atom stereocenters. The molecule has 100 valence electrons. The zero-order valence-corrected chi connectivity index (χ0v) is 10.9. The van der Waals surface area contributed by atoms with E-state index in [4.69, 9.17) is 10.2 Å². The molecule has 0 amide bonds. The standard InChI is InChI=1S/C12H17N3O2.ClH/c16-7-5-15(6-8-17)9-12-13-10-3-1-2-4-11(10)14-12;/h1-4,16-17H,5-9H2,(H,13,14);1H. The van der Waals surface area contributed by atoms with E-state index in [9.17, 15) is 0 Å². The first-order chi connectivity index (χ1) is 8.33. The molecule has 0 radical (unpaired) electrons. The number of hydrogen-bond donors (Lipinski definition) is 3. The van der Waals surface area contributed by atoms with Gasteiger partial charge in [-0.3, -0.25) is 4.90 Å². The van der Waals surface area contributed by atoms with Crippen molar-refractivity contribution in [1.29, 1.82) is 0 Å². The minimum absolute atomic E-state index is 0. The Bertz CT molecular complexity index is 436. The number of aliphatic hydroxyl groups is 2. The maximum Gasteiger partial charge on any atom is 0.121 e. The van der Waals surface area contributed by atoms with Crippen molar-refractivity contribution >= 4 is 23.4 Å². The Labute approximate surface area is 112 Å². The summed E-state index contributed by atoms with van der Waals surface area (Å²) in [6, 6.07) is 7.85. The maximum absolute atomic E-state index is 8.93. The van der Waals surface area contributed by atoms with Gasteiger partial charge in [0.05, 0.1) is 30.8 Å². The number of halogens is 1. The average Bonchev–Trinajstić information content (AvgIpc) is 2.71. The van der Waals surface area contributed by atoms with Gasteiger partial charge < -0.3 is 15.2 Å². The van der Waals surface area contributed by atoms with Crippen molar-refractivity contribution in [2.75, 3.05) is 26.3 Å². The molecule has 5 nitrogen and oxygen atoms in total. The summed E-state index contributed by atoms with van der Waals surface area (Å²) in [5.41, 5.74) is 1.95. The topological polar surface area (TPSA) is 72.4 Å². The molecule has 1 aromatic heterocycles. The van der Waals surface area contributed by atoms with Crippen molar-refractivity contribution in [3.63, 3.8) is 0 Å². The second-order valence-corrected chi connectivity index (χ2v) is 3.92. The van der Waals surface area contributed by atoms with Crippen LogP contribution >= 0.6 is 12.4 Å². The third-order valence-corrected chi connectivity index (χ3v) is 2.64. The van der Waals surface area contributed by atoms with Crippen molar-refractivity contribution < 1.29 is 10.2 Å². The van der Waals surface area contributed by atoms with E-state index in [0.29, 0.717) is 19.6 Å². The molecule has 18 heavy (non-hydrogen) atoms. The van der Waals surface area contributed by atoms with Gasteiger partial charge in [-0.2, -0.15) is 0 Å². The molecule has 6 heteroatoms. The number of imidazole rings is 1. The summed E-state index contributed by atoms with van der Waals surface area (Å²) in [4.78, 5) is 9.64. The third-order valence-electron chi connectivity index (χ3n) is 2.64. The van der Waals surface area contributed by atoms with Crippen molar-refractivity contribution in [1.82, 2.24) is 14.9 Å². The molecule has 0 fully saturated rings. The minimum Gasteiger partial charge on any atom is -0.395 e. The molecular weight excluding hydrogens is 254 g/mol. The number of benzene rings is 1. The predicted molar refractivity (Wildman–Crippen MR) is 72.8 cm³/mol. The van der Waals surface area contributed by atoms with Crippen LogP contribution in [-0.2, 0) is 6.54 Å². The molecular formula is C12H18ClN3O2. The molecule has 1 heterocycles. The lowest BCUT2D eigenvalue weighted by Crippen LogP contribution is -2.29. The molecule has 0 aliphatic rings. The second-order valence-electron chi connectivity index (χ2n) is 3.92. The smallest absolute Gasteiger partial charge is 0.121 e. The van der Waals surface area contributed by atoms with Gasteiger partial charge in [0.2, 0.25) is 0 Å². The van der Waals surface area contributed by atoms with Crippen molar-refractivity contribution in [3.05, 3.63) is 30.1 Å². The zero-order valence-electron chi connectivity index (χ0n) is 10.0. The molecule has 0 spiro atoms. The third kappa shape index (κ3) is 3.68. The molecule has 0 saturated heterocycles. The summed E-state index contributed by atoms with van der Waals surface area (Å²) < 4.78 is 0. The van der Waals surface area contributed by atoms with Gasteiger partial charge in [0.1, 0.15) is 5.82 Å². The van der Waals surface area contributed by atoms with Gasteiger partial charge in [-0.25, -0.2) is 4.98 Å². The summed E-state index contributed by atoms with van der Waals surface area (Å²) in [6.45, 7) is 1.85. The lowest BCUT2D eigenvalue weighted by molar-refractivity contribution is 0.154. The highest BCUT2D eigenvalue weighted by atomic mass is 35.5. The first-order valence-electron chi connectivity index (χ1n) is 5.71. The van der Waals surface area contributed by atoms with Crippen LogP contribution in [0.5, 0.6) is 0 Å². The monoisotopic (exact) mass is 271 g/mol. The molecule has 1 aromatic carbocycles. The van der Waals surface area contributed by atoms with E-state index in [1.807, 2.05) is 29.2 Å². The lowest BCUT2D eigenvalue weighted by atomic mass is 10.3. The van der Waals surface area contributed by atoms with Crippen LogP contribution in [0.2, 0.25) is 0 Å². The first-order valence-corrected chi connectivity index (χ1v) is 5.71. The number of H-pyrrole nitrogens is 1. The van der Waals surface area contributed by atoms with Gasteiger partial charge >= 0.3 is 0 Å². The predicted octanol–water partition coefficient (Wildman–Crippen LogP) is 0.771. The van der Waals surface area contributed by atoms with Gasteiger partial charge in [0, 0.05) is 13.1 Å². The number of para-hydroxylation sites is 2. The Balaban J connectivity index is 0.00000162. The van der Waals surface area contributed by atoms with Crippen molar-refractivity contribution in [2.24, 2.45) is 0 Å². The number of aromatic amines is 1. The van der Waals surface area contributed by atoms with Crippen LogP contribution in [0.1, 0.15) is 5.82 Å². The number of aliphatic hydroxyl groups excluding tert-OH is 2. The number of hydrogen-bond acceptors (Lipinski definition) is 4. The number of nitrogens with one attached hydrogen (secondary N) is 1. The lowest BCUT2D eigenvalue weighted by Gasteiger charge is -2.18. The number of rotatable bonds is 6. The van der Waals surface area contributed by atoms with Gasteiger partial charge in [0.15, 0.2) is 0 Å². The fourth-order valence-electron chi connectivity index (χ4n) is 1.85. The van der Waals surface area contributed by atoms with E-state index in [-0.39, 0.29) is 25.6 Å². The molecule has 2 aromatic rings. The Kier molecular flexibility index (Phi) is 6.07. The van der Waals surface area contributed by atoms with Crippen LogP contribution in [-0.4, -0.2) is 51.4 Å². The van der Waals surface area contributed by atoms with Crippen LogP contribution < -0.4 is 0 Å². The fourth-order valence-corrected chi connectivity index (χ4v) is 1.85. The van der Waals surface area contributed by atoms with E-state index in [2.05, 4.69) is 9.97 Å². The van der Waals surface area contributed by atoms with E-state index < -0.39 is 0 Å². The van der Waals surface area contributed by atoms with Gasteiger partial charge in [0.25, 0.3) is 0 Å². The Morgan fingerprint density at radius 3 is 2.39 bits per heavy atom. The normalized spacial score (nSPS) is 10.8. The second kappa shape index (κ2) is 7.33. The SMILES string of the molecule is Cl.OCCN(CCO)Cc1nc2ccccc2[nH]1. The van der Waals surface area contributed by atoms with E-state index in [1.54, 1.807) is 0 Å². The molecule has 0 aliphatic heterocycles. The Morgan fingerprint density at radius 1 is 1.11 bits per heavy atom. The van der Waals surface area contributed by atoms with Gasteiger partial charge in [-0.1, -0.05) is 12.1 Å². The molecule has 0 unspecified atom stereocenters. The van der Waals surface area contributed by atoms with Crippen LogP contribution in [0.4, 0.5) is 0 Å². The molecule has 0 saturated carbocycles. The summed E-state index contributed by atoms with van der Waals surface area (Å²) in [7, 11) is 0. The Hall–Kier alpha value is -1.14. The fraction of sp³-hybridized carbons (Fsp3) is 0.417. The van der Waals surface area contributed by atoms with Crippen LogP contribution in [0.3, 0.4) is 0 Å². The van der Waals surface area contributed by atoms with E-state index in [1.165, 1.54) is 0 Å². The van der Waals surface area contributed by atoms with Crippen LogP contribution in [0.25, 0.3) is 11.0 Å². The molecule has 0 bridgehead atoms. The number of aromatic nitrogens is 2. The number of fused-ring (bicyclic) bond motifs is 1. The first kappa shape index (κ1) is 14.9. The highest BCUT2D eigenvalue weighted by Gasteiger charge is 2.08. The largest absolute Gasteiger partial charge is 0.395 e. The summed E-state index contributed by atoms with van der Waals surface area (Å²) in [5.74, 6) is 0.855. The quantitative estimate of drug-likeness (QED) is 0.726. The summed E-state index contributed by atoms with van der Waals surface area (Å²) >= 11 is 0. The average molecular weight is 272 g/mol. The highest BCUT2D eigenvalue weighted by molar-refractivity contribution is 5.85. The van der Waals surface area contributed by atoms with Crippen LogP contribution in [0.15, 0.2) is 24.3 Å². The maximum atomic E-state index is 8.93.